The highest BCUT2D eigenvalue weighted by Gasteiger charge is 2.26. The Labute approximate surface area is 177 Å². The molecule has 1 fully saturated rings. The molecular formula is C24H29N5O. The van der Waals surface area contributed by atoms with Gasteiger partial charge in [-0.25, -0.2) is 4.98 Å². The number of imidazole rings is 1. The minimum absolute atomic E-state index is 0.228. The molecule has 0 N–H and O–H groups in total. The summed E-state index contributed by atoms with van der Waals surface area (Å²) < 4.78 is 2.19. The van der Waals surface area contributed by atoms with Gasteiger partial charge in [-0.05, 0) is 36.6 Å². The maximum Gasteiger partial charge on any atom is 0.241 e. The van der Waals surface area contributed by atoms with Gasteiger partial charge in [0.25, 0.3) is 0 Å². The van der Waals surface area contributed by atoms with E-state index >= 15 is 0 Å². The van der Waals surface area contributed by atoms with E-state index in [0.29, 0.717) is 6.54 Å². The highest BCUT2D eigenvalue weighted by Crippen LogP contribution is 2.27. The lowest BCUT2D eigenvalue weighted by Gasteiger charge is -2.36. The second-order valence-electron chi connectivity index (χ2n) is 8.41. The monoisotopic (exact) mass is 403 g/mol. The van der Waals surface area contributed by atoms with Crippen molar-refractivity contribution < 1.29 is 4.79 Å². The number of aromatic nitrogens is 2. The Kier molecular flexibility index (Phi) is 5.27. The Hall–Kier alpha value is -2.70. The highest BCUT2D eigenvalue weighted by atomic mass is 16.2. The fraction of sp³-hybridized carbons (Fsp3) is 0.417. The zero-order valence-corrected chi connectivity index (χ0v) is 17.6. The Morgan fingerprint density at radius 2 is 1.67 bits per heavy atom. The summed E-state index contributed by atoms with van der Waals surface area (Å²) in [6.45, 7) is 5.97. The van der Waals surface area contributed by atoms with Gasteiger partial charge < -0.3 is 9.47 Å². The van der Waals surface area contributed by atoms with E-state index in [-0.39, 0.29) is 5.91 Å². The van der Waals surface area contributed by atoms with E-state index in [1.807, 2.05) is 17.0 Å². The largest absolute Gasteiger partial charge is 0.330 e. The Balaban J connectivity index is 1.17. The molecule has 0 atom stereocenters. The summed E-state index contributed by atoms with van der Waals surface area (Å²) in [6, 6.07) is 16.6. The van der Waals surface area contributed by atoms with Crippen LogP contribution in [-0.4, -0.2) is 64.5 Å². The van der Waals surface area contributed by atoms with Crippen molar-refractivity contribution in [2.45, 2.75) is 19.4 Å². The molecule has 0 unspecified atom stereocenters. The minimum Gasteiger partial charge on any atom is -0.330 e. The van der Waals surface area contributed by atoms with Crippen LogP contribution < -0.4 is 4.90 Å². The van der Waals surface area contributed by atoms with E-state index in [1.165, 1.54) is 11.1 Å². The quantitative estimate of drug-likeness (QED) is 0.672. The van der Waals surface area contributed by atoms with E-state index in [0.717, 1.165) is 69.1 Å². The molecule has 6 heteroatoms. The molecule has 5 rings (SSSR count). The summed E-state index contributed by atoms with van der Waals surface area (Å²) >= 11 is 0. The maximum atomic E-state index is 13.0. The first-order valence-electron chi connectivity index (χ1n) is 10.9. The molecule has 6 nitrogen and oxygen atoms in total. The van der Waals surface area contributed by atoms with Crippen molar-refractivity contribution in [2.75, 3.05) is 44.2 Å². The number of carbonyl (C=O) groups excluding carboxylic acids is 1. The standard InChI is InChI=1S/C24H29N5O/c1-26-22-11-5-3-9-20(22)25-23(26)17-27-13-15-28(16-14-27)18-24(30)29-12-6-8-19-7-2-4-10-21(19)29/h2-5,7,9-11H,6,8,12-18H2,1H3. The zero-order chi connectivity index (χ0) is 20.5. The van der Waals surface area contributed by atoms with Gasteiger partial charge >= 0.3 is 0 Å². The van der Waals surface area contributed by atoms with Gasteiger partial charge in [-0.1, -0.05) is 30.3 Å². The van der Waals surface area contributed by atoms with Crippen LogP contribution in [0.2, 0.25) is 0 Å². The number of rotatable bonds is 4. The summed E-state index contributed by atoms with van der Waals surface area (Å²) in [4.78, 5) is 24.5. The molecular weight excluding hydrogens is 374 g/mol. The molecule has 0 aliphatic carbocycles. The molecule has 3 heterocycles. The van der Waals surface area contributed by atoms with Crippen LogP contribution in [-0.2, 0) is 24.8 Å². The summed E-state index contributed by atoms with van der Waals surface area (Å²) in [5, 5.41) is 0. The van der Waals surface area contributed by atoms with Crippen LogP contribution >= 0.6 is 0 Å². The van der Waals surface area contributed by atoms with Crippen molar-refractivity contribution in [3.05, 3.63) is 59.9 Å². The number of amides is 1. The first-order chi connectivity index (χ1) is 14.7. The van der Waals surface area contributed by atoms with Crippen molar-refractivity contribution >= 4 is 22.6 Å². The molecule has 1 saturated heterocycles. The highest BCUT2D eigenvalue weighted by molar-refractivity contribution is 5.96. The molecule has 0 bridgehead atoms. The lowest BCUT2D eigenvalue weighted by molar-refractivity contribution is -0.120. The van der Waals surface area contributed by atoms with Gasteiger partial charge in [0.2, 0.25) is 5.91 Å². The second-order valence-corrected chi connectivity index (χ2v) is 8.41. The molecule has 3 aromatic rings. The Morgan fingerprint density at radius 3 is 2.50 bits per heavy atom. The van der Waals surface area contributed by atoms with Gasteiger partial charge in [0.15, 0.2) is 0 Å². The Bertz CT molecular complexity index is 1050. The predicted octanol–water partition coefficient (Wildman–Crippen LogP) is 2.67. The molecule has 2 aliphatic rings. The van der Waals surface area contributed by atoms with Gasteiger partial charge in [0.05, 0.1) is 24.1 Å². The predicted molar refractivity (Wildman–Crippen MR) is 120 cm³/mol. The number of nitrogens with zero attached hydrogens (tertiary/aromatic N) is 5. The number of piperazine rings is 1. The SMILES string of the molecule is Cn1c(CN2CCN(CC(=O)N3CCCc4ccccc43)CC2)nc2ccccc21. The van der Waals surface area contributed by atoms with Gasteiger partial charge in [-0.2, -0.15) is 0 Å². The fourth-order valence-electron chi connectivity index (χ4n) is 4.71. The summed E-state index contributed by atoms with van der Waals surface area (Å²) in [7, 11) is 2.09. The average molecular weight is 404 g/mol. The maximum absolute atomic E-state index is 13.0. The molecule has 1 amide bonds. The smallest absolute Gasteiger partial charge is 0.241 e. The van der Waals surface area contributed by atoms with E-state index in [9.17, 15) is 4.79 Å². The van der Waals surface area contributed by atoms with Crippen LogP contribution in [0.4, 0.5) is 5.69 Å². The Morgan fingerprint density at radius 1 is 0.933 bits per heavy atom. The fourth-order valence-corrected chi connectivity index (χ4v) is 4.71. The number of carbonyl (C=O) groups is 1. The third-order valence-electron chi connectivity index (χ3n) is 6.48. The van der Waals surface area contributed by atoms with Crippen molar-refractivity contribution in [3.8, 4) is 0 Å². The second kappa shape index (κ2) is 8.20. The van der Waals surface area contributed by atoms with Crippen LogP contribution in [0, 0.1) is 0 Å². The van der Waals surface area contributed by atoms with E-state index in [1.54, 1.807) is 0 Å². The molecule has 0 radical (unpaired) electrons. The molecule has 30 heavy (non-hydrogen) atoms. The number of fused-ring (bicyclic) bond motifs is 2. The van der Waals surface area contributed by atoms with Crippen molar-refractivity contribution in [3.63, 3.8) is 0 Å². The van der Waals surface area contributed by atoms with E-state index in [4.69, 9.17) is 4.98 Å². The first kappa shape index (κ1) is 19.3. The lowest BCUT2D eigenvalue weighted by Crippen LogP contribution is -2.50. The van der Waals surface area contributed by atoms with Crippen molar-refractivity contribution in [1.82, 2.24) is 19.4 Å². The number of para-hydroxylation sites is 3. The summed E-state index contributed by atoms with van der Waals surface area (Å²) in [5.74, 6) is 1.33. The molecule has 2 aliphatic heterocycles. The number of hydrogen-bond acceptors (Lipinski definition) is 4. The van der Waals surface area contributed by atoms with Crippen molar-refractivity contribution in [1.29, 1.82) is 0 Å². The lowest BCUT2D eigenvalue weighted by atomic mass is 10.0. The topological polar surface area (TPSA) is 44.6 Å². The zero-order valence-electron chi connectivity index (χ0n) is 17.6. The minimum atomic E-state index is 0.228. The van der Waals surface area contributed by atoms with Gasteiger partial charge in [-0.3, -0.25) is 14.6 Å². The number of hydrogen-bond donors (Lipinski definition) is 0. The first-order valence-corrected chi connectivity index (χ1v) is 10.9. The van der Waals surface area contributed by atoms with Gasteiger partial charge in [0, 0.05) is 45.5 Å². The molecule has 2 aromatic carbocycles. The molecule has 156 valence electrons. The molecule has 0 saturated carbocycles. The third-order valence-corrected chi connectivity index (χ3v) is 6.48. The van der Waals surface area contributed by atoms with Crippen LogP contribution in [0.3, 0.4) is 0 Å². The number of benzene rings is 2. The number of anilines is 1. The van der Waals surface area contributed by atoms with Crippen LogP contribution in [0.15, 0.2) is 48.5 Å². The van der Waals surface area contributed by atoms with Crippen LogP contribution in [0.5, 0.6) is 0 Å². The summed E-state index contributed by atoms with van der Waals surface area (Å²) in [6.07, 6.45) is 2.12. The summed E-state index contributed by atoms with van der Waals surface area (Å²) in [5.41, 5.74) is 4.64. The van der Waals surface area contributed by atoms with Gasteiger partial charge in [-0.15, -0.1) is 0 Å². The molecule has 1 aromatic heterocycles. The van der Waals surface area contributed by atoms with Gasteiger partial charge in [0.1, 0.15) is 5.82 Å². The average Bonchev–Trinajstić information content (AvgIpc) is 3.10. The van der Waals surface area contributed by atoms with Crippen molar-refractivity contribution in [2.24, 2.45) is 7.05 Å². The van der Waals surface area contributed by atoms with Crippen LogP contribution in [0.25, 0.3) is 11.0 Å². The van der Waals surface area contributed by atoms with E-state index in [2.05, 4.69) is 57.8 Å². The number of aryl methyl sites for hydroxylation is 2. The normalized spacial score (nSPS) is 18.0. The third kappa shape index (κ3) is 3.73. The van der Waals surface area contributed by atoms with E-state index < -0.39 is 0 Å². The van der Waals surface area contributed by atoms with Crippen LogP contribution in [0.1, 0.15) is 17.8 Å². The molecule has 0 spiro atoms.